The van der Waals surface area contributed by atoms with Gasteiger partial charge in [0, 0.05) is 6.42 Å². The second-order valence-corrected chi connectivity index (χ2v) is 18.1. The molecule has 7 atom stereocenters. The molecule has 0 radical (unpaired) electrons. The smallest absolute Gasteiger partial charge is 0.394 e. The lowest BCUT2D eigenvalue weighted by molar-refractivity contribution is -0.298. The van der Waals surface area contributed by atoms with Crippen LogP contribution in [0.4, 0.5) is 0 Å². The van der Waals surface area contributed by atoms with Gasteiger partial charge in [0.15, 0.2) is 6.29 Å². The number of aliphatic hydroxyl groups excluding tert-OH is 4. The van der Waals surface area contributed by atoms with Gasteiger partial charge in [0.25, 0.3) is 0 Å². The van der Waals surface area contributed by atoms with Crippen LogP contribution in [0.15, 0.2) is 12.2 Å². The van der Waals surface area contributed by atoms with E-state index < -0.39 is 59.9 Å². The Kier molecular flexibility index (Phi) is 35.4. The summed E-state index contributed by atoms with van der Waals surface area (Å²) < 4.78 is 47.6. The zero-order valence-electron chi connectivity index (χ0n) is 37.3. The van der Waals surface area contributed by atoms with Crippen molar-refractivity contribution in [1.82, 2.24) is 5.32 Å². The summed E-state index contributed by atoms with van der Waals surface area (Å²) in [6, 6.07) is -0.937. The van der Waals surface area contributed by atoms with Crippen LogP contribution in [0.5, 0.6) is 0 Å². The Labute approximate surface area is 360 Å². The molecule has 2 unspecified atom stereocenters. The number of allylic oxidation sites excluding steroid dienone is 1. The number of carbonyl (C=O) groups is 1. The zero-order chi connectivity index (χ0) is 43.4. The van der Waals surface area contributed by atoms with Gasteiger partial charge in [-0.1, -0.05) is 206 Å². The Morgan fingerprint density at radius 2 is 1.07 bits per heavy atom. The molecule has 0 bridgehead atoms. The molecule has 0 aliphatic carbocycles. The standard InChI is InChI=1S/C46H89NO11S/c1-3-5-7-9-11-13-15-17-18-19-20-21-22-24-26-28-30-32-34-36-42(50)47-39(40(49)35-33-31-29-27-25-23-16-14-12-10-8-6-4-2)38-56-46-44(52)45(58-59(53,54)55)43(51)41(37-48)57-46/h33,35,39-41,43-46,48-49,51-52H,3-32,34,36-38H2,1-2H3,(H,47,50)(H,53,54,55)/t39-,40+,41+,43-,44?,45?,46+/m0/s1. The molecule has 0 spiro atoms. The van der Waals surface area contributed by atoms with E-state index in [1.807, 2.05) is 6.08 Å². The molecule has 0 aromatic heterocycles. The molecular weight excluding hydrogens is 775 g/mol. The largest absolute Gasteiger partial charge is 0.397 e. The fourth-order valence-corrected chi connectivity index (χ4v) is 8.32. The van der Waals surface area contributed by atoms with Gasteiger partial charge in [0.1, 0.15) is 24.4 Å². The Morgan fingerprint density at radius 3 is 1.47 bits per heavy atom. The maximum Gasteiger partial charge on any atom is 0.397 e. The summed E-state index contributed by atoms with van der Waals surface area (Å²) in [5.74, 6) is -0.260. The molecule has 1 amide bonds. The first kappa shape index (κ1) is 55.9. The summed E-state index contributed by atoms with van der Waals surface area (Å²) in [7, 11) is -5.08. The minimum Gasteiger partial charge on any atom is -0.394 e. The number of carbonyl (C=O) groups excluding carboxylic acids is 1. The topological polar surface area (TPSA) is 192 Å². The molecule has 0 aromatic rings. The van der Waals surface area contributed by atoms with Crippen molar-refractivity contribution < 1.29 is 51.8 Å². The first-order valence-corrected chi connectivity index (χ1v) is 25.4. The van der Waals surface area contributed by atoms with E-state index in [2.05, 4.69) is 23.3 Å². The summed E-state index contributed by atoms with van der Waals surface area (Å²) in [4.78, 5) is 13.0. The van der Waals surface area contributed by atoms with Crippen molar-refractivity contribution in [3.05, 3.63) is 12.2 Å². The molecule has 13 heteroatoms. The van der Waals surface area contributed by atoms with Crippen molar-refractivity contribution in [1.29, 1.82) is 0 Å². The molecule has 350 valence electrons. The molecule has 1 aliphatic rings. The molecule has 6 N–H and O–H groups in total. The number of hydrogen-bond acceptors (Lipinski definition) is 10. The van der Waals surface area contributed by atoms with E-state index in [1.54, 1.807) is 6.08 Å². The van der Waals surface area contributed by atoms with E-state index in [9.17, 15) is 38.2 Å². The van der Waals surface area contributed by atoms with Crippen LogP contribution in [-0.4, -0.2) is 95.4 Å². The van der Waals surface area contributed by atoms with E-state index in [-0.39, 0.29) is 18.9 Å². The quantitative estimate of drug-likeness (QED) is 0.0195. The molecule has 0 aromatic carbocycles. The monoisotopic (exact) mass is 864 g/mol. The molecule has 0 saturated carbocycles. The Hall–Kier alpha value is -1.16. The maximum absolute atomic E-state index is 13.0. The van der Waals surface area contributed by atoms with E-state index in [1.165, 1.54) is 154 Å². The number of rotatable bonds is 41. The Bertz CT molecular complexity index is 1110. The Morgan fingerprint density at radius 1 is 0.661 bits per heavy atom. The van der Waals surface area contributed by atoms with Crippen LogP contribution in [0.3, 0.4) is 0 Å². The van der Waals surface area contributed by atoms with Gasteiger partial charge >= 0.3 is 10.4 Å². The van der Waals surface area contributed by atoms with E-state index >= 15 is 0 Å². The summed E-state index contributed by atoms with van der Waals surface area (Å²) in [6.07, 6.45) is 32.5. The third-order valence-electron chi connectivity index (χ3n) is 11.6. The number of unbranched alkanes of at least 4 members (excludes halogenated alkanes) is 29. The van der Waals surface area contributed by atoms with Crippen LogP contribution < -0.4 is 5.32 Å². The van der Waals surface area contributed by atoms with Gasteiger partial charge in [0.05, 0.1) is 25.4 Å². The SMILES string of the molecule is CCCCCCCCCCCCCC=C[C@@H](O)[C@H](CO[C@@H]1O[C@H](CO)[C@H](O)C(OS(=O)(=O)O)C1O)NC(=O)CCCCCCCCCCCCCCCCCCCCC. The van der Waals surface area contributed by atoms with Crippen LogP contribution in [0.2, 0.25) is 0 Å². The second-order valence-electron chi connectivity index (χ2n) is 17.1. The van der Waals surface area contributed by atoms with Crippen LogP contribution in [0.1, 0.15) is 219 Å². The molecule has 12 nitrogen and oxygen atoms in total. The fourth-order valence-electron chi connectivity index (χ4n) is 7.81. The van der Waals surface area contributed by atoms with Crippen molar-refractivity contribution in [2.24, 2.45) is 0 Å². The van der Waals surface area contributed by atoms with Crippen molar-refractivity contribution in [2.45, 2.75) is 262 Å². The zero-order valence-corrected chi connectivity index (χ0v) is 38.1. The van der Waals surface area contributed by atoms with Gasteiger partial charge < -0.3 is 35.2 Å². The Balaban J connectivity index is 2.47. The molecule has 1 aliphatic heterocycles. The predicted octanol–water partition coefficient (Wildman–Crippen LogP) is 9.55. The van der Waals surface area contributed by atoms with Gasteiger partial charge in [-0.25, -0.2) is 4.18 Å². The predicted molar refractivity (Wildman–Crippen MR) is 236 cm³/mol. The first-order valence-electron chi connectivity index (χ1n) is 24.1. The average molecular weight is 864 g/mol. The summed E-state index contributed by atoms with van der Waals surface area (Å²) in [6.45, 7) is 3.39. The molecule has 1 rings (SSSR count). The molecular formula is C46H89NO11S. The molecule has 1 saturated heterocycles. The molecule has 1 heterocycles. The summed E-state index contributed by atoms with van der Waals surface area (Å²) in [5, 5.41) is 44.7. The maximum atomic E-state index is 13.0. The lowest BCUT2D eigenvalue weighted by atomic mass is 9.99. The number of aliphatic hydroxyl groups is 4. The highest BCUT2D eigenvalue weighted by atomic mass is 32.3. The van der Waals surface area contributed by atoms with Crippen LogP contribution in [0.25, 0.3) is 0 Å². The minimum atomic E-state index is -5.08. The van der Waals surface area contributed by atoms with Gasteiger partial charge in [-0.3, -0.25) is 9.35 Å². The fraction of sp³-hybridized carbons (Fsp3) is 0.935. The van der Waals surface area contributed by atoms with E-state index in [0.717, 1.165) is 38.5 Å². The normalized spacial score (nSPS) is 21.0. The first-order chi connectivity index (χ1) is 28.5. The van der Waals surface area contributed by atoms with E-state index in [4.69, 9.17) is 9.47 Å². The number of hydrogen-bond donors (Lipinski definition) is 6. The average Bonchev–Trinajstić information content (AvgIpc) is 3.20. The van der Waals surface area contributed by atoms with Crippen molar-refractivity contribution in [3.8, 4) is 0 Å². The van der Waals surface area contributed by atoms with Crippen molar-refractivity contribution >= 4 is 16.3 Å². The van der Waals surface area contributed by atoms with Gasteiger partial charge in [-0.05, 0) is 19.3 Å². The third kappa shape index (κ3) is 30.5. The summed E-state index contributed by atoms with van der Waals surface area (Å²) >= 11 is 0. The van der Waals surface area contributed by atoms with Crippen LogP contribution in [0, 0.1) is 0 Å². The highest BCUT2D eigenvalue weighted by Crippen LogP contribution is 2.26. The number of ether oxygens (including phenoxy) is 2. The highest BCUT2D eigenvalue weighted by Gasteiger charge is 2.48. The van der Waals surface area contributed by atoms with Gasteiger partial charge in [-0.2, -0.15) is 8.42 Å². The minimum absolute atomic E-state index is 0.260. The second kappa shape index (κ2) is 37.4. The number of amides is 1. The van der Waals surface area contributed by atoms with Crippen molar-refractivity contribution in [3.63, 3.8) is 0 Å². The van der Waals surface area contributed by atoms with Crippen LogP contribution in [-0.2, 0) is 28.9 Å². The lowest BCUT2D eigenvalue weighted by Crippen LogP contribution is -2.61. The van der Waals surface area contributed by atoms with Crippen LogP contribution >= 0.6 is 0 Å². The summed E-state index contributed by atoms with van der Waals surface area (Å²) in [5.41, 5.74) is 0. The third-order valence-corrected chi connectivity index (χ3v) is 12.0. The van der Waals surface area contributed by atoms with Gasteiger partial charge in [-0.15, -0.1) is 0 Å². The van der Waals surface area contributed by atoms with E-state index in [0.29, 0.717) is 6.42 Å². The number of nitrogens with one attached hydrogen (secondary N) is 1. The lowest BCUT2D eigenvalue weighted by Gasteiger charge is -2.41. The van der Waals surface area contributed by atoms with Crippen molar-refractivity contribution in [2.75, 3.05) is 13.2 Å². The van der Waals surface area contributed by atoms with Gasteiger partial charge in [0.2, 0.25) is 5.91 Å². The highest BCUT2D eigenvalue weighted by molar-refractivity contribution is 7.80. The molecule has 1 fully saturated rings. The molecule has 59 heavy (non-hydrogen) atoms.